The minimum atomic E-state index is -0.431. The van der Waals surface area contributed by atoms with Crippen LogP contribution in [-0.2, 0) is 9.53 Å². The van der Waals surface area contributed by atoms with Crippen LogP contribution in [0.1, 0.15) is 19.4 Å². The van der Waals surface area contributed by atoms with Gasteiger partial charge in [0, 0.05) is 17.7 Å². The first-order valence-electron chi connectivity index (χ1n) is 5.83. The highest BCUT2D eigenvalue weighted by atomic mass is 16.5. The van der Waals surface area contributed by atoms with Crippen LogP contribution in [0.4, 0.5) is 0 Å². The molecule has 0 saturated carbocycles. The number of esters is 1. The van der Waals surface area contributed by atoms with Crippen LogP contribution in [0.25, 0.3) is 6.08 Å². The highest BCUT2D eigenvalue weighted by molar-refractivity contribution is 5.94. The van der Waals surface area contributed by atoms with E-state index in [0.717, 1.165) is 0 Å². The fourth-order valence-corrected chi connectivity index (χ4v) is 1.54. The van der Waals surface area contributed by atoms with Crippen LogP contribution in [0.2, 0.25) is 0 Å². The van der Waals surface area contributed by atoms with Crippen molar-refractivity contribution in [3.63, 3.8) is 0 Å². The number of ether oxygens (including phenoxy) is 3. The van der Waals surface area contributed by atoms with Gasteiger partial charge < -0.3 is 19.3 Å². The number of benzene rings is 1. The van der Waals surface area contributed by atoms with Gasteiger partial charge in [-0.2, -0.15) is 0 Å². The molecule has 104 valence electrons. The molecule has 0 heterocycles. The second-order valence-corrected chi connectivity index (χ2v) is 3.81. The number of hydrogen-bond donors (Lipinski definition) is 1. The fraction of sp³-hybridized carbons (Fsp3) is 0.357. The van der Waals surface area contributed by atoms with E-state index in [4.69, 9.17) is 14.2 Å². The number of carbonyl (C=O) groups is 1. The van der Waals surface area contributed by atoms with E-state index in [1.165, 1.54) is 26.4 Å². The summed E-state index contributed by atoms with van der Waals surface area (Å²) in [5.74, 6) is 0.431. The Labute approximate surface area is 112 Å². The van der Waals surface area contributed by atoms with Crippen molar-refractivity contribution in [1.82, 2.24) is 0 Å². The van der Waals surface area contributed by atoms with Gasteiger partial charge in [-0.15, -0.1) is 0 Å². The van der Waals surface area contributed by atoms with Crippen LogP contribution in [0.5, 0.6) is 17.2 Å². The minimum absolute atomic E-state index is 0.0279. The van der Waals surface area contributed by atoms with Crippen molar-refractivity contribution >= 4 is 12.0 Å². The molecule has 0 aliphatic rings. The number of phenols is 1. The molecule has 0 aliphatic carbocycles. The molecule has 0 saturated heterocycles. The largest absolute Gasteiger partial charge is 0.507 e. The van der Waals surface area contributed by atoms with Gasteiger partial charge in [-0.1, -0.05) is 0 Å². The molecule has 0 unspecified atom stereocenters. The molecular weight excluding hydrogens is 248 g/mol. The van der Waals surface area contributed by atoms with Crippen LogP contribution >= 0.6 is 0 Å². The van der Waals surface area contributed by atoms with E-state index in [-0.39, 0.29) is 5.75 Å². The standard InChI is InChI=1S/C14H18O5/c1-5-19-14(16)9(2)6-11-12(15)7-10(17-3)8-13(11)18-4/h6-8,15H,5H2,1-4H3/b9-6+. The summed E-state index contributed by atoms with van der Waals surface area (Å²) >= 11 is 0. The van der Waals surface area contributed by atoms with Gasteiger partial charge in [0.1, 0.15) is 17.2 Å². The first-order valence-corrected chi connectivity index (χ1v) is 5.83. The maximum Gasteiger partial charge on any atom is 0.333 e. The van der Waals surface area contributed by atoms with Crippen molar-refractivity contribution < 1.29 is 24.1 Å². The number of carbonyl (C=O) groups excluding carboxylic acids is 1. The van der Waals surface area contributed by atoms with Crippen molar-refractivity contribution in [2.45, 2.75) is 13.8 Å². The summed E-state index contributed by atoms with van der Waals surface area (Å²) in [5.41, 5.74) is 0.787. The number of phenolic OH excluding ortho intramolecular Hbond substituents is 1. The normalized spacial score (nSPS) is 11.1. The zero-order chi connectivity index (χ0) is 14.4. The van der Waals surface area contributed by atoms with Crippen molar-refractivity contribution in [3.8, 4) is 17.2 Å². The highest BCUT2D eigenvalue weighted by Gasteiger charge is 2.12. The van der Waals surface area contributed by atoms with Gasteiger partial charge in [-0.3, -0.25) is 0 Å². The molecule has 0 aliphatic heterocycles. The summed E-state index contributed by atoms with van der Waals surface area (Å²) in [6.07, 6.45) is 1.52. The Hall–Kier alpha value is -2.17. The Morgan fingerprint density at radius 1 is 1.32 bits per heavy atom. The Balaban J connectivity index is 3.19. The van der Waals surface area contributed by atoms with Crippen LogP contribution in [0.3, 0.4) is 0 Å². The quantitative estimate of drug-likeness (QED) is 0.654. The predicted molar refractivity (Wildman–Crippen MR) is 71.5 cm³/mol. The van der Waals surface area contributed by atoms with Gasteiger partial charge in [0.15, 0.2) is 0 Å². The first-order chi connectivity index (χ1) is 9.03. The molecule has 1 aromatic rings. The number of rotatable bonds is 5. The molecule has 1 aromatic carbocycles. The third-order valence-corrected chi connectivity index (χ3v) is 2.51. The van der Waals surface area contributed by atoms with Crippen molar-refractivity contribution in [1.29, 1.82) is 0 Å². The second kappa shape index (κ2) is 6.68. The molecule has 5 heteroatoms. The maximum atomic E-state index is 11.5. The smallest absolute Gasteiger partial charge is 0.333 e. The highest BCUT2D eigenvalue weighted by Crippen LogP contribution is 2.34. The molecule has 5 nitrogen and oxygen atoms in total. The third kappa shape index (κ3) is 3.64. The molecule has 0 amide bonds. The number of hydrogen-bond acceptors (Lipinski definition) is 5. The van der Waals surface area contributed by atoms with E-state index < -0.39 is 5.97 Å². The Kier molecular flexibility index (Phi) is 5.23. The monoisotopic (exact) mass is 266 g/mol. The van der Waals surface area contributed by atoms with Gasteiger partial charge in [-0.25, -0.2) is 4.79 Å². The lowest BCUT2D eigenvalue weighted by Crippen LogP contribution is -2.05. The van der Waals surface area contributed by atoms with Crippen LogP contribution in [-0.4, -0.2) is 31.9 Å². The van der Waals surface area contributed by atoms with E-state index in [1.807, 2.05) is 0 Å². The molecule has 0 spiro atoms. The number of aromatic hydroxyl groups is 1. The first kappa shape index (κ1) is 14.9. The van der Waals surface area contributed by atoms with Gasteiger partial charge in [0.25, 0.3) is 0 Å². The van der Waals surface area contributed by atoms with Gasteiger partial charge in [0.2, 0.25) is 0 Å². The van der Waals surface area contributed by atoms with E-state index >= 15 is 0 Å². The van der Waals surface area contributed by atoms with Crippen LogP contribution < -0.4 is 9.47 Å². The van der Waals surface area contributed by atoms with Crippen LogP contribution in [0.15, 0.2) is 17.7 Å². The lowest BCUT2D eigenvalue weighted by Gasteiger charge is -2.10. The van der Waals surface area contributed by atoms with E-state index in [1.54, 1.807) is 19.9 Å². The summed E-state index contributed by atoms with van der Waals surface area (Å²) in [6.45, 7) is 3.65. The Bertz CT molecular complexity index is 491. The fourth-order valence-electron chi connectivity index (χ4n) is 1.54. The molecular formula is C14H18O5. The summed E-state index contributed by atoms with van der Waals surface area (Å²) in [6, 6.07) is 3.08. The molecule has 0 aromatic heterocycles. The molecule has 1 rings (SSSR count). The van der Waals surface area contributed by atoms with Crippen LogP contribution in [0, 0.1) is 0 Å². The predicted octanol–water partition coefficient (Wildman–Crippen LogP) is 2.38. The molecule has 0 radical (unpaired) electrons. The summed E-state index contributed by atoms with van der Waals surface area (Å²) < 4.78 is 15.1. The molecule has 1 N–H and O–H groups in total. The van der Waals surface area contributed by atoms with Gasteiger partial charge in [-0.05, 0) is 19.9 Å². The van der Waals surface area contributed by atoms with Crippen molar-refractivity contribution in [3.05, 3.63) is 23.3 Å². The Morgan fingerprint density at radius 2 is 2.00 bits per heavy atom. The lowest BCUT2D eigenvalue weighted by molar-refractivity contribution is -0.138. The molecule has 0 bridgehead atoms. The van der Waals surface area contributed by atoms with Gasteiger partial charge in [0.05, 0.1) is 26.4 Å². The second-order valence-electron chi connectivity index (χ2n) is 3.81. The summed E-state index contributed by atoms with van der Waals surface area (Å²) in [7, 11) is 2.97. The third-order valence-electron chi connectivity index (χ3n) is 2.51. The Morgan fingerprint density at radius 3 is 2.53 bits per heavy atom. The zero-order valence-corrected chi connectivity index (χ0v) is 11.5. The summed E-state index contributed by atoms with van der Waals surface area (Å²) in [5, 5.41) is 9.94. The van der Waals surface area contributed by atoms with Crippen molar-refractivity contribution in [2.75, 3.05) is 20.8 Å². The van der Waals surface area contributed by atoms with E-state index in [0.29, 0.717) is 29.2 Å². The maximum absolute atomic E-state index is 11.5. The van der Waals surface area contributed by atoms with E-state index in [2.05, 4.69) is 0 Å². The number of methoxy groups -OCH3 is 2. The lowest BCUT2D eigenvalue weighted by atomic mass is 10.1. The average Bonchev–Trinajstić information content (AvgIpc) is 2.40. The summed E-state index contributed by atoms with van der Waals surface area (Å²) in [4.78, 5) is 11.5. The van der Waals surface area contributed by atoms with E-state index in [9.17, 15) is 9.90 Å². The molecule has 0 fully saturated rings. The molecule has 19 heavy (non-hydrogen) atoms. The van der Waals surface area contributed by atoms with Gasteiger partial charge >= 0.3 is 5.97 Å². The minimum Gasteiger partial charge on any atom is -0.507 e. The molecule has 0 atom stereocenters. The zero-order valence-electron chi connectivity index (χ0n) is 11.5. The topological polar surface area (TPSA) is 65.0 Å². The average molecular weight is 266 g/mol. The SMILES string of the molecule is CCOC(=O)/C(C)=C/c1c(O)cc(OC)cc1OC. The van der Waals surface area contributed by atoms with Crippen molar-refractivity contribution in [2.24, 2.45) is 0 Å².